The molecule has 4 aromatic rings. The van der Waals surface area contributed by atoms with Gasteiger partial charge >= 0.3 is 5.97 Å². The molecule has 0 fully saturated rings. The Kier molecular flexibility index (Phi) is 7.25. The van der Waals surface area contributed by atoms with Crippen molar-refractivity contribution in [1.82, 2.24) is 4.57 Å². The quantitative estimate of drug-likeness (QED) is 0.236. The lowest BCUT2D eigenvalue weighted by Crippen LogP contribution is -2.40. The van der Waals surface area contributed by atoms with Gasteiger partial charge in [-0.05, 0) is 57.5 Å². The number of ketones is 1. The zero-order valence-corrected chi connectivity index (χ0v) is 23.3. The fraction of sp³-hybridized carbons (Fsp3) is 0.200. The number of carbonyl (C=O) groups excluding carboxylic acids is 2. The predicted octanol–water partition coefficient (Wildman–Crippen LogP) is 5.30. The third-order valence-electron chi connectivity index (χ3n) is 6.25. The second-order valence-corrected chi connectivity index (χ2v) is 10.9. The Hall–Kier alpha value is -4.01. The molecule has 2 aromatic carbocycles. The Balaban J connectivity index is 1.59. The molecule has 3 heterocycles. The van der Waals surface area contributed by atoms with E-state index in [1.807, 2.05) is 18.2 Å². The highest BCUT2D eigenvalue weighted by Gasteiger charge is 2.33. The maximum atomic E-state index is 13.8. The third kappa shape index (κ3) is 5.30. The van der Waals surface area contributed by atoms with E-state index in [9.17, 15) is 14.4 Å². The van der Waals surface area contributed by atoms with Crippen molar-refractivity contribution in [3.63, 3.8) is 0 Å². The molecular formula is C30H25ClN2O5S. The molecule has 0 saturated heterocycles. The average molecular weight is 561 g/mol. The SMILES string of the molecule is CC(=O)c1ccc(-c2ccc(/C=c3\sc4n(c3=O)[C@@H](c3ccc(Cl)cc3)C(C(=O)OC(C)C)=C(C)N=4)o2)cc1. The Morgan fingerprint density at radius 2 is 1.77 bits per heavy atom. The van der Waals surface area contributed by atoms with Crippen LogP contribution >= 0.6 is 22.9 Å². The predicted molar refractivity (Wildman–Crippen MR) is 151 cm³/mol. The molecule has 0 bridgehead atoms. The van der Waals surface area contributed by atoms with E-state index in [2.05, 4.69) is 4.99 Å². The van der Waals surface area contributed by atoms with Crippen LogP contribution in [0.2, 0.25) is 5.02 Å². The van der Waals surface area contributed by atoms with Gasteiger partial charge in [0.2, 0.25) is 0 Å². The number of allylic oxidation sites excluding steroid dienone is 1. The molecule has 5 rings (SSSR count). The maximum absolute atomic E-state index is 13.8. The minimum Gasteiger partial charge on any atom is -0.459 e. The summed E-state index contributed by atoms with van der Waals surface area (Å²) < 4.78 is 13.5. The first-order valence-electron chi connectivity index (χ1n) is 12.3. The molecule has 0 unspecified atom stereocenters. The number of benzene rings is 2. The monoisotopic (exact) mass is 560 g/mol. The Morgan fingerprint density at radius 1 is 1.08 bits per heavy atom. The van der Waals surface area contributed by atoms with Gasteiger partial charge in [-0.3, -0.25) is 14.2 Å². The number of carbonyl (C=O) groups is 2. The molecule has 0 saturated carbocycles. The van der Waals surface area contributed by atoms with Crippen LogP contribution in [0.3, 0.4) is 0 Å². The number of halogens is 1. The second-order valence-electron chi connectivity index (χ2n) is 9.42. The van der Waals surface area contributed by atoms with Crippen LogP contribution in [-0.2, 0) is 9.53 Å². The fourth-order valence-corrected chi connectivity index (χ4v) is 5.56. The number of ether oxygens (including phenoxy) is 1. The summed E-state index contributed by atoms with van der Waals surface area (Å²) in [7, 11) is 0. The maximum Gasteiger partial charge on any atom is 0.338 e. The van der Waals surface area contributed by atoms with Gasteiger partial charge in [-0.2, -0.15) is 0 Å². The summed E-state index contributed by atoms with van der Waals surface area (Å²) >= 11 is 7.34. The van der Waals surface area contributed by atoms with Crippen molar-refractivity contribution < 1.29 is 18.7 Å². The summed E-state index contributed by atoms with van der Waals surface area (Å²) in [6.07, 6.45) is 1.33. The van der Waals surface area contributed by atoms with E-state index in [0.717, 1.165) is 5.56 Å². The van der Waals surface area contributed by atoms with Crippen LogP contribution in [0.1, 0.15) is 55.4 Å². The van der Waals surface area contributed by atoms with Crippen LogP contribution in [0.4, 0.5) is 0 Å². The number of esters is 1. The molecule has 2 aromatic heterocycles. The molecule has 1 aliphatic rings. The van der Waals surface area contributed by atoms with E-state index in [4.69, 9.17) is 20.8 Å². The van der Waals surface area contributed by atoms with Crippen molar-refractivity contribution in [1.29, 1.82) is 0 Å². The van der Waals surface area contributed by atoms with E-state index in [1.165, 1.54) is 22.8 Å². The highest BCUT2D eigenvalue weighted by molar-refractivity contribution is 7.07. The van der Waals surface area contributed by atoms with Gasteiger partial charge in [-0.25, -0.2) is 9.79 Å². The minimum atomic E-state index is -0.723. The van der Waals surface area contributed by atoms with Crippen LogP contribution in [-0.4, -0.2) is 22.4 Å². The topological polar surface area (TPSA) is 90.9 Å². The lowest BCUT2D eigenvalue weighted by Gasteiger charge is -2.25. The van der Waals surface area contributed by atoms with Crippen LogP contribution in [0.25, 0.3) is 17.4 Å². The molecule has 39 heavy (non-hydrogen) atoms. The van der Waals surface area contributed by atoms with Crippen LogP contribution < -0.4 is 14.9 Å². The highest BCUT2D eigenvalue weighted by Crippen LogP contribution is 2.31. The van der Waals surface area contributed by atoms with Crippen LogP contribution in [0.5, 0.6) is 0 Å². The van der Waals surface area contributed by atoms with Gasteiger partial charge in [-0.1, -0.05) is 59.3 Å². The first-order chi connectivity index (χ1) is 18.6. The lowest BCUT2D eigenvalue weighted by molar-refractivity contribution is -0.143. The van der Waals surface area contributed by atoms with Gasteiger partial charge in [0.1, 0.15) is 11.5 Å². The van der Waals surface area contributed by atoms with E-state index in [-0.39, 0.29) is 17.4 Å². The second kappa shape index (κ2) is 10.6. The van der Waals surface area contributed by atoms with Crippen molar-refractivity contribution in [2.45, 2.75) is 39.8 Å². The number of hydrogen-bond acceptors (Lipinski definition) is 7. The average Bonchev–Trinajstić information content (AvgIpc) is 3.48. The van der Waals surface area contributed by atoms with E-state index in [0.29, 0.717) is 48.3 Å². The Labute approximate surface area is 233 Å². The molecule has 0 radical (unpaired) electrons. The van der Waals surface area contributed by atoms with E-state index >= 15 is 0 Å². The molecular weight excluding hydrogens is 536 g/mol. The summed E-state index contributed by atoms with van der Waals surface area (Å²) in [6, 6.07) is 17.0. The van der Waals surface area contributed by atoms with Gasteiger partial charge < -0.3 is 9.15 Å². The number of hydrogen-bond donors (Lipinski definition) is 0. The van der Waals surface area contributed by atoms with Crippen molar-refractivity contribution in [3.8, 4) is 11.3 Å². The molecule has 1 aliphatic heterocycles. The summed E-state index contributed by atoms with van der Waals surface area (Å²) in [5.41, 5.74) is 2.64. The van der Waals surface area contributed by atoms with Gasteiger partial charge in [0.15, 0.2) is 10.6 Å². The van der Waals surface area contributed by atoms with Crippen molar-refractivity contribution >= 4 is 40.8 Å². The summed E-state index contributed by atoms with van der Waals surface area (Å²) in [6.45, 7) is 6.81. The van der Waals surface area contributed by atoms with Gasteiger partial charge in [0.25, 0.3) is 5.56 Å². The minimum absolute atomic E-state index is 0.00942. The standard InChI is InChI=1S/C30H25ClN2O5S/c1-16(2)37-29(36)26-17(3)32-30-33(27(26)21-9-11-22(31)12-10-21)28(35)25(39-30)15-23-13-14-24(38-23)20-7-5-19(6-8-20)18(4)34/h5-16,27H,1-4H3/b25-15-/t27-/m0/s1. The molecule has 9 heteroatoms. The molecule has 0 amide bonds. The van der Waals surface area contributed by atoms with E-state index < -0.39 is 12.0 Å². The largest absolute Gasteiger partial charge is 0.459 e. The molecule has 198 valence electrons. The first-order valence-corrected chi connectivity index (χ1v) is 13.5. The molecule has 0 N–H and O–H groups in total. The summed E-state index contributed by atoms with van der Waals surface area (Å²) in [5.74, 6) is 0.568. The number of fused-ring (bicyclic) bond motifs is 1. The molecule has 7 nitrogen and oxygen atoms in total. The smallest absolute Gasteiger partial charge is 0.338 e. The van der Waals surface area contributed by atoms with Crippen LogP contribution in [0, 0.1) is 0 Å². The van der Waals surface area contributed by atoms with Crippen molar-refractivity contribution in [2.75, 3.05) is 0 Å². The van der Waals surface area contributed by atoms with Gasteiger partial charge in [0.05, 0.1) is 27.9 Å². The molecule has 0 aliphatic carbocycles. The Morgan fingerprint density at radius 3 is 2.41 bits per heavy atom. The number of thiazole rings is 1. The van der Waals surface area contributed by atoms with Crippen LogP contribution in [0.15, 0.2) is 86.1 Å². The summed E-state index contributed by atoms with van der Waals surface area (Å²) in [5, 5.41) is 0.544. The number of nitrogens with zero attached hydrogens (tertiary/aromatic N) is 2. The molecule has 1 atom stereocenters. The Bertz CT molecular complexity index is 1790. The van der Waals surface area contributed by atoms with Crippen molar-refractivity contribution in [3.05, 3.63) is 114 Å². The van der Waals surface area contributed by atoms with Gasteiger partial charge in [0, 0.05) is 22.2 Å². The lowest BCUT2D eigenvalue weighted by atomic mass is 9.96. The number of Topliss-reactive ketones (excluding diaryl/α,β-unsaturated/α-hetero) is 1. The third-order valence-corrected chi connectivity index (χ3v) is 7.48. The molecule has 0 spiro atoms. The first kappa shape index (κ1) is 26.6. The van der Waals surface area contributed by atoms with Gasteiger partial charge in [-0.15, -0.1) is 0 Å². The fourth-order valence-electron chi connectivity index (χ4n) is 4.40. The summed E-state index contributed by atoms with van der Waals surface area (Å²) in [4.78, 5) is 43.6. The van der Waals surface area contributed by atoms with E-state index in [1.54, 1.807) is 69.3 Å². The number of aromatic nitrogens is 1. The highest BCUT2D eigenvalue weighted by atomic mass is 35.5. The van der Waals surface area contributed by atoms with Crippen molar-refractivity contribution in [2.24, 2.45) is 4.99 Å². The zero-order chi connectivity index (χ0) is 27.8. The number of furan rings is 1. The normalized spacial score (nSPS) is 15.3. The number of rotatable bonds is 6. The zero-order valence-electron chi connectivity index (χ0n) is 21.7.